The summed E-state index contributed by atoms with van der Waals surface area (Å²) < 4.78 is 15.2. The van der Waals surface area contributed by atoms with Crippen molar-refractivity contribution in [1.29, 1.82) is 0 Å². The lowest BCUT2D eigenvalue weighted by molar-refractivity contribution is -0.384. The Kier molecular flexibility index (Phi) is 6.67. The van der Waals surface area contributed by atoms with Gasteiger partial charge in [0.05, 0.1) is 22.8 Å². The molecule has 4 rings (SSSR count). The summed E-state index contributed by atoms with van der Waals surface area (Å²) in [5, 5.41) is 11.0. The molecule has 11 nitrogen and oxygen atoms in total. The largest absolute Gasteiger partial charge is 0.457 e. The fourth-order valence-electron chi connectivity index (χ4n) is 3.49. The van der Waals surface area contributed by atoms with Crippen LogP contribution in [0.25, 0.3) is 0 Å². The summed E-state index contributed by atoms with van der Waals surface area (Å²) in [6.07, 6.45) is 1.21. The molecule has 0 saturated carbocycles. The van der Waals surface area contributed by atoms with Crippen LogP contribution in [0.5, 0.6) is 5.75 Å². The van der Waals surface area contributed by atoms with E-state index in [0.29, 0.717) is 5.69 Å². The Hall–Kier alpha value is -4.80. The number of rotatable bonds is 8. The van der Waals surface area contributed by atoms with Gasteiger partial charge in [0.1, 0.15) is 5.75 Å². The molecule has 0 aliphatic carbocycles. The first kappa shape index (κ1) is 23.4. The normalized spacial score (nSPS) is 15.0. The van der Waals surface area contributed by atoms with Crippen LogP contribution in [0, 0.1) is 16.0 Å². The minimum Gasteiger partial charge on any atom is -0.457 e. The number of ether oxygens (including phenoxy) is 2. The molecule has 35 heavy (non-hydrogen) atoms. The van der Waals surface area contributed by atoms with Crippen LogP contribution in [0.15, 0.2) is 71.3 Å². The number of nitro benzene ring substituents is 1. The maximum Gasteiger partial charge on any atom is 0.379 e. The molecule has 0 bridgehead atoms. The molecule has 3 aromatic rings. The number of nitro groups is 1. The second kappa shape index (κ2) is 10.00. The van der Waals surface area contributed by atoms with Crippen molar-refractivity contribution in [2.45, 2.75) is 6.42 Å². The van der Waals surface area contributed by atoms with Gasteiger partial charge in [0, 0.05) is 30.7 Å². The van der Waals surface area contributed by atoms with Crippen molar-refractivity contribution in [2.75, 3.05) is 18.1 Å². The molecule has 0 spiro atoms. The molecule has 1 fully saturated rings. The minimum atomic E-state index is -0.807. The van der Waals surface area contributed by atoms with E-state index >= 15 is 0 Å². The van der Waals surface area contributed by atoms with Crippen molar-refractivity contribution < 1.29 is 38.0 Å². The average Bonchev–Trinajstić information content (AvgIpc) is 3.53. The quantitative estimate of drug-likeness (QED) is 0.157. The van der Waals surface area contributed by atoms with Gasteiger partial charge >= 0.3 is 11.9 Å². The molecule has 1 atom stereocenters. The highest BCUT2D eigenvalue weighted by molar-refractivity contribution is 6.01. The number of furan rings is 1. The topological polar surface area (TPSA) is 146 Å². The number of ketones is 1. The van der Waals surface area contributed by atoms with Crippen LogP contribution in [0.1, 0.15) is 27.3 Å². The zero-order valence-electron chi connectivity index (χ0n) is 18.1. The van der Waals surface area contributed by atoms with E-state index in [2.05, 4.69) is 0 Å². The molecule has 1 aliphatic rings. The maximum atomic E-state index is 12.4. The number of hydrogen-bond acceptors (Lipinski definition) is 9. The van der Waals surface area contributed by atoms with Crippen LogP contribution in [0.2, 0.25) is 0 Å². The molecule has 1 aromatic heterocycles. The molecular formula is C24H18N2O9. The summed E-state index contributed by atoms with van der Waals surface area (Å²) >= 11 is 0. The van der Waals surface area contributed by atoms with E-state index < -0.39 is 35.2 Å². The average molecular weight is 478 g/mol. The number of anilines is 1. The molecule has 2 heterocycles. The highest BCUT2D eigenvalue weighted by Crippen LogP contribution is 2.28. The van der Waals surface area contributed by atoms with E-state index in [1.807, 2.05) is 0 Å². The van der Waals surface area contributed by atoms with E-state index in [1.54, 1.807) is 6.07 Å². The van der Waals surface area contributed by atoms with Crippen molar-refractivity contribution in [3.05, 3.63) is 88.4 Å². The summed E-state index contributed by atoms with van der Waals surface area (Å²) in [4.78, 5) is 60.8. The first-order valence-corrected chi connectivity index (χ1v) is 10.4. The Morgan fingerprint density at radius 1 is 1.09 bits per heavy atom. The van der Waals surface area contributed by atoms with Gasteiger partial charge in [0.15, 0.2) is 12.4 Å². The number of hydrogen-bond donors (Lipinski definition) is 0. The summed E-state index contributed by atoms with van der Waals surface area (Å²) in [5.74, 6) is -2.84. The Morgan fingerprint density at radius 3 is 2.54 bits per heavy atom. The molecule has 0 radical (unpaired) electrons. The first-order valence-electron chi connectivity index (χ1n) is 10.4. The van der Waals surface area contributed by atoms with Crippen LogP contribution in [0.4, 0.5) is 11.4 Å². The van der Waals surface area contributed by atoms with Crippen LogP contribution in [-0.2, 0) is 14.3 Å². The van der Waals surface area contributed by atoms with Crippen molar-refractivity contribution in [3.8, 4) is 5.75 Å². The fourth-order valence-corrected chi connectivity index (χ4v) is 3.49. The van der Waals surface area contributed by atoms with Gasteiger partial charge in [-0.2, -0.15) is 0 Å². The molecule has 2 aromatic carbocycles. The first-order chi connectivity index (χ1) is 16.8. The Morgan fingerprint density at radius 2 is 1.86 bits per heavy atom. The van der Waals surface area contributed by atoms with E-state index in [1.165, 1.54) is 65.8 Å². The zero-order valence-corrected chi connectivity index (χ0v) is 18.1. The van der Waals surface area contributed by atoms with Crippen molar-refractivity contribution in [1.82, 2.24) is 0 Å². The van der Waals surface area contributed by atoms with Crippen LogP contribution < -0.4 is 9.64 Å². The van der Waals surface area contributed by atoms with E-state index in [-0.39, 0.29) is 41.6 Å². The number of Topliss-reactive ketones (excluding diaryl/α,β-unsaturated/α-hetero) is 1. The van der Waals surface area contributed by atoms with Gasteiger partial charge in [0.25, 0.3) is 5.69 Å². The molecular weight excluding hydrogens is 460 g/mol. The fraction of sp³-hybridized carbons (Fsp3) is 0.167. The number of amides is 1. The van der Waals surface area contributed by atoms with Crippen molar-refractivity contribution in [2.24, 2.45) is 5.92 Å². The second-order valence-electron chi connectivity index (χ2n) is 7.60. The molecule has 11 heteroatoms. The Balaban J connectivity index is 1.30. The summed E-state index contributed by atoms with van der Waals surface area (Å²) in [6, 6.07) is 14.2. The zero-order chi connectivity index (χ0) is 24.9. The van der Waals surface area contributed by atoms with Crippen LogP contribution >= 0.6 is 0 Å². The van der Waals surface area contributed by atoms with Crippen molar-refractivity contribution in [3.63, 3.8) is 0 Å². The summed E-state index contributed by atoms with van der Waals surface area (Å²) in [7, 11) is 0. The second-order valence-corrected chi connectivity index (χ2v) is 7.60. The number of carbonyl (C=O) groups is 4. The van der Waals surface area contributed by atoms with Gasteiger partial charge in [-0.15, -0.1) is 0 Å². The molecule has 1 saturated heterocycles. The number of carbonyl (C=O) groups excluding carboxylic acids is 4. The predicted molar refractivity (Wildman–Crippen MR) is 119 cm³/mol. The highest BCUT2D eigenvalue weighted by atomic mass is 16.6. The van der Waals surface area contributed by atoms with E-state index in [9.17, 15) is 29.3 Å². The number of non-ortho nitro benzene ring substituents is 1. The smallest absolute Gasteiger partial charge is 0.379 e. The maximum absolute atomic E-state index is 12.4. The van der Waals surface area contributed by atoms with Gasteiger partial charge in [-0.05, 0) is 42.5 Å². The number of nitrogens with zero attached hydrogens (tertiary/aromatic N) is 2. The standard InChI is InChI=1S/C24H18N2O9/c27-20(15-6-8-19(9-7-15)35-24(30)21-5-2-10-33-21)14-34-23(29)16-11-22(28)25(13-16)17-3-1-4-18(12-17)26(31)32/h1-10,12,16H,11,13-14H2/t16-/m1/s1. The van der Waals surface area contributed by atoms with Gasteiger partial charge in [0.2, 0.25) is 11.7 Å². The van der Waals surface area contributed by atoms with Crippen molar-refractivity contribution >= 4 is 35.0 Å². The van der Waals surface area contributed by atoms with Crippen LogP contribution in [0.3, 0.4) is 0 Å². The Bertz CT molecular complexity index is 1280. The van der Waals surface area contributed by atoms with E-state index in [4.69, 9.17) is 13.9 Å². The summed E-state index contributed by atoms with van der Waals surface area (Å²) in [5.41, 5.74) is 0.369. The molecule has 0 N–H and O–H groups in total. The molecule has 1 aliphatic heterocycles. The molecule has 0 unspecified atom stereocenters. The van der Waals surface area contributed by atoms with Gasteiger partial charge in [-0.1, -0.05) is 6.07 Å². The van der Waals surface area contributed by atoms with Gasteiger partial charge in [-0.3, -0.25) is 24.5 Å². The predicted octanol–water partition coefficient (Wildman–Crippen LogP) is 3.19. The van der Waals surface area contributed by atoms with Crippen LogP contribution in [-0.4, -0.2) is 41.7 Å². The van der Waals surface area contributed by atoms with E-state index in [0.717, 1.165) is 0 Å². The third-order valence-corrected chi connectivity index (χ3v) is 5.27. The lowest BCUT2D eigenvalue weighted by atomic mass is 10.1. The SMILES string of the molecule is O=C(COC(=O)[C@@H]1CC(=O)N(c2cccc([N+](=O)[O-])c2)C1)c1ccc(OC(=O)c2ccco2)cc1. The summed E-state index contributed by atoms with van der Waals surface area (Å²) in [6.45, 7) is -0.547. The molecule has 1 amide bonds. The number of esters is 2. The van der Waals surface area contributed by atoms with Gasteiger partial charge < -0.3 is 18.8 Å². The Labute approximate surface area is 198 Å². The van der Waals surface area contributed by atoms with Gasteiger partial charge in [-0.25, -0.2) is 4.79 Å². The third-order valence-electron chi connectivity index (χ3n) is 5.27. The number of benzene rings is 2. The lowest BCUT2D eigenvalue weighted by Gasteiger charge is -2.16. The highest BCUT2D eigenvalue weighted by Gasteiger charge is 2.36. The lowest BCUT2D eigenvalue weighted by Crippen LogP contribution is -2.27. The molecule has 178 valence electrons. The minimum absolute atomic E-state index is 0.0112. The monoisotopic (exact) mass is 478 g/mol. The third kappa shape index (κ3) is 5.41.